The zero-order valence-electron chi connectivity index (χ0n) is 28.5. The average molecular weight is 709 g/mol. The Morgan fingerprint density at radius 3 is 2.29 bits per heavy atom. The number of carbonyl (C=O) groups excluding carboxylic acids is 3. The summed E-state index contributed by atoms with van der Waals surface area (Å²) in [5.41, 5.74) is 2.26. The Kier molecular flexibility index (Phi) is 15.9. The van der Waals surface area contributed by atoms with Crippen molar-refractivity contribution in [2.75, 3.05) is 18.9 Å². The maximum Gasteiger partial charge on any atom is 0.407 e. The topological polar surface area (TPSA) is 163 Å². The summed E-state index contributed by atoms with van der Waals surface area (Å²) in [6.07, 6.45) is 0.982. The van der Waals surface area contributed by atoms with E-state index in [1.54, 1.807) is 0 Å². The second kappa shape index (κ2) is 19.5. The lowest BCUT2D eigenvalue weighted by molar-refractivity contribution is -0.124. The highest BCUT2D eigenvalue weighted by atomic mass is 32.2. The van der Waals surface area contributed by atoms with Crippen LogP contribution >= 0.6 is 0 Å². The van der Waals surface area contributed by atoms with E-state index in [0.717, 1.165) is 29.7 Å². The number of alkyl carbamates (subject to hydrolysis) is 1. The van der Waals surface area contributed by atoms with E-state index >= 15 is 0 Å². The van der Waals surface area contributed by atoms with Gasteiger partial charge in [0.15, 0.2) is 9.84 Å². The van der Waals surface area contributed by atoms with Crippen LogP contribution in [0.4, 0.5) is 13.6 Å². The molecular formula is C35H50F2N4O7S. The Balaban J connectivity index is 1.82. The third-order valence-electron chi connectivity index (χ3n) is 8.49. The molecule has 1 aliphatic rings. The number of ether oxygens (including phenoxy) is 1. The first-order valence-corrected chi connectivity index (χ1v) is 18.7. The molecule has 0 aromatic heterocycles. The van der Waals surface area contributed by atoms with E-state index in [1.807, 2.05) is 45.0 Å². The van der Waals surface area contributed by atoms with Crippen LogP contribution in [0, 0.1) is 11.6 Å². The van der Waals surface area contributed by atoms with Gasteiger partial charge < -0.3 is 31.1 Å². The van der Waals surface area contributed by atoms with Crippen LogP contribution in [0.2, 0.25) is 0 Å². The van der Waals surface area contributed by atoms with Crippen LogP contribution in [0.5, 0.6) is 0 Å². The second-order valence-electron chi connectivity index (χ2n) is 12.6. The molecule has 0 bridgehead atoms. The minimum atomic E-state index is -3.91. The Morgan fingerprint density at radius 2 is 1.67 bits per heavy atom. The summed E-state index contributed by atoms with van der Waals surface area (Å²) >= 11 is 0. The number of hydrogen-bond donors (Lipinski definition) is 5. The Morgan fingerprint density at radius 1 is 1.00 bits per heavy atom. The minimum absolute atomic E-state index is 0.0281. The van der Waals surface area contributed by atoms with E-state index in [-0.39, 0.29) is 37.5 Å². The molecule has 1 fully saturated rings. The Labute approximate surface area is 287 Å². The zero-order valence-corrected chi connectivity index (χ0v) is 29.3. The third-order valence-corrected chi connectivity index (χ3v) is 10.8. The molecule has 1 aliphatic heterocycles. The average Bonchev–Trinajstić information content (AvgIpc) is 3.47. The summed E-state index contributed by atoms with van der Waals surface area (Å²) in [7, 11) is -3.91. The minimum Gasteiger partial charge on any atom is -0.447 e. The van der Waals surface area contributed by atoms with Crippen LogP contribution < -0.4 is 21.3 Å². The number of amides is 3. The molecule has 0 spiro atoms. The maximum absolute atomic E-state index is 14.1. The molecule has 0 aliphatic carbocycles. The number of rotatable bonds is 20. The van der Waals surface area contributed by atoms with Gasteiger partial charge in [-0.05, 0) is 60.9 Å². The van der Waals surface area contributed by atoms with Gasteiger partial charge >= 0.3 is 6.09 Å². The number of aliphatic hydroxyl groups is 1. The summed E-state index contributed by atoms with van der Waals surface area (Å²) in [5.74, 6) is -3.51. The van der Waals surface area contributed by atoms with Gasteiger partial charge in [-0.15, -0.1) is 0 Å². The molecule has 3 rings (SSSR count). The molecule has 272 valence electrons. The number of benzene rings is 2. The summed E-state index contributed by atoms with van der Waals surface area (Å²) < 4.78 is 60.5. The fourth-order valence-corrected chi connectivity index (χ4v) is 8.04. The number of sulfone groups is 1. The first-order chi connectivity index (χ1) is 23.3. The second-order valence-corrected chi connectivity index (χ2v) is 14.9. The summed E-state index contributed by atoms with van der Waals surface area (Å²) in [5, 5.41) is 21.3. The van der Waals surface area contributed by atoms with Gasteiger partial charge in [0, 0.05) is 25.6 Å². The zero-order chi connectivity index (χ0) is 36.0. The number of carbonyl (C=O) groups is 3. The molecule has 4 atom stereocenters. The lowest BCUT2D eigenvalue weighted by Crippen LogP contribution is -2.57. The van der Waals surface area contributed by atoms with Crippen LogP contribution in [-0.4, -0.2) is 79.8 Å². The predicted molar refractivity (Wildman–Crippen MR) is 182 cm³/mol. The van der Waals surface area contributed by atoms with Crippen LogP contribution in [-0.2, 0) is 43.5 Å². The van der Waals surface area contributed by atoms with E-state index in [0.29, 0.717) is 44.7 Å². The lowest BCUT2D eigenvalue weighted by atomic mass is 10.00. The molecule has 1 heterocycles. The molecule has 1 unspecified atom stereocenters. The summed E-state index contributed by atoms with van der Waals surface area (Å²) in [4.78, 5) is 38.2. The van der Waals surface area contributed by atoms with Gasteiger partial charge in [-0.2, -0.15) is 0 Å². The molecule has 14 heteroatoms. The van der Waals surface area contributed by atoms with Gasteiger partial charge in [-0.1, -0.05) is 57.9 Å². The van der Waals surface area contributed by atoms with E-state index in [2.05, 4.69) is 21.3 Å². The van der Waals surface area contributed by atoms with Gasteiger partial charge in [-0.25, -0.2) is 22.0 Å². The van der Waals surface area contributed by atoms with Crippen molar-refractivity contribution in [1.29, 1.82) is 0 Å². The van der Waals surface area contributed by atoms with Gasteiger partial charge in [0.2, 0.25) is 11.8 Å². The smallest absolute Gasteiger partial charge is 0.407 e. The molecule has 2 aromatic carbocycles. The first-order valence-electron chi connectivity index (χ1n) is 17.0. The van der Waals surface area contributed by atoms with Crippen molar-refractivity contribution in [3.63, 3.8) is 0 Å². The molecular weight excluding hydrogens is 658 g/mol. The fraction of sp³-hybridized carbons (Fsp3) is 0.571. The Bertz CT molecular complexity index is 1480. The van der Waals surface area contributed by atoms with Crippen LogP contribution in [0.1, 0.15) is 76.0 Å². The SMILES string of the molecule is CCCC(CCC)S(=O)(=O)CC(NC(=O)OC[C@H]1CCC(=O)N1)C(=O)N[C@@H](Cc1cc(F)cc(F)c1)[C@H](O)CNCc1cccc(CC)c1. The molecule has 49 heavy (non-hydrogen) atoms. The van der Waals surface area contributed by atoms with E-state index in [1.165, 1.54) is 0 Å². The normalized spacial score (nSPS) is 16.6. The van der Waals surface area contributed by atoms with Crippen LogP contribution in [0.25, 0.3) is 0 Å². The van der Waals surface area contributed by atoms with Crippen LogP contribution in [0.3, 0.4) is 0 Å². The molecule has 0 radical (unpaired) electrons. The van der Waals surface area contributed by atoms with E-state index in [4.69, 9.17) is 4.74 Å². The van der Waals surface area contributed by atoms with Crippen molar-refractivity contribution >= 4 is 27.7 Å². The predicted octanol–water partition coefficient (Wildman–Crippen LogP) is 3.46. The van der Waals surface area contributed by atoms with Crippen molar-refractivity contribution in [2.45, 2.75) is 108 Å². The number of hydrogen-bond acceptors (Lipinski definition) is 8. The molecule has 3 amide bonds. The quantitative estimate of drug-likeness (QED) is 0.140. The molecule has 11 nitrogen and oxygen atoms in total. The monoisotopic (exact) mass is 708 g/mol. The summed E-state index contributed by atoms with van der Waals surface area (Å²) in [6, 6.07) is 7.58. The standard InChI is InChI=1S/C35H50F2N4O7S/c1-4-8-29(9-5-2)49(46,47)22-31(41-35(45)48-21-28-12-13-33(43)39-28)34(44)40-30(17-25-15-26(36)18-27(37)16-25)32(42)20-38-19-24-11-7-10-23(6-3)14-24/h7,10-11,14-16,18,28-32,38,42H,4-6,8-9,12-13,17,19-22H2,1-3H3,(H,39,43)(H,40,44)(H,41,45)/t28-,30+,31?,32-/m1/s1. The maximum atomic E-state index is 14.1. The molecule has 2 aromatic rings. The fourth-order valence-electron chi connectivity index (χ4n) is 5.88. The molecule has 5 N–H and O–H groups in total. The van der Waals surface area contributed by atoms with Crippen LogP contribution in [0.15, 0.2) is 42.5 Å². The van der Waals surface area contributed by atoms with Crippen molar-refractivity contribution in [2.24, 2.45) is 0 Å². The van der Waals surface area contributed by atoms with Gasteiger partial charge in [0.05, 0.1) is 29.2 Å². The highest BCUT2D eigenvalue weighted by molar-refractivity contribution is 7.92. The van der Waals surface area contributed by atoms with Crippen molar-refractivity contribution in [3.8, 4) is 0 Å². The van der Waals surface area contributed by atoms with Gasteiger partial charge in [-0.3, -0.25) is 9.59 Å². The van der Waals surface area contributed by atoms with Gasteiger partial charge in [0.25, 0.3) is 0 Å². The van der Waals surface area contributed by atoms with Crippen molar-refractivity contribution in [1.82, 2.24) is 21.3 Å². The van der Waals surface area contributed by atoms with Crippen molar-refractivity contribution < 1.29 is 41.4 Å². The third kappa shape index (κ3) is 13.3. The summed E-state index contributed by atoms with van der Waals surface area (Å²) in [6.45, 7) is 5.94. The number of halogens is 2. The van der Waals surface area contributed by atoms with Crippen molar-refractivity contribution in [3.05, 3.63) is 70.8 Å². The Hall–Kier alpha value is -3.62. The highest BCUT2D eigenvalue weighted by Crippen LogP contribution is 2.18. The first kappa shape index (κ1) is 39.8. The highest BCUT2D eigenvalue weighted by Gasteiger charge is 2.35. The van der Waals surface area contributed by atoms with E-state index in [9.17, 15) is 36.7 Å². The number of aliphatic hydroxyl groups excluding tert-OH is 1. The van der Waals surface area contributed by atoms with Gasteiger partial charge in [0.1, 0.15) is 24.3 Å². The molecule has 0 saturated carbocycles. The lowest BCUT2D eigenvalue weighted by Gasteiger charge is -2.28. The molecule has 1 saturated heterocycles. The number of aryl methyl sites for hydroxylation is 1. The number of nitrogens with one attached hydrogen (secondary N) is 4. The van der Waals surface area contributed by atoms with E-state index < -0.39 is 68.7 Å². The largest absolute Gasteiger partial charge is 0.447 e.